The van der Waals surface area contributed by atoms with Crippen LogP contribution >= 0.6 is 0 Å². The van der Waals surface area contributed by atoms with E-state index < -0.39 is 0 Å². The number of hydrogen-bond donors (Lipinski definition) is 0. The summed E-state index contributed by atoms with van der Waals surface area (Å²) in [6, 6.07) is 3.95. The molecule has 29 heavy (non-hydrogen) atoms. The number of ether oxygens (including phenoxy) is 1. The summed E-state index contributed by atoms with van der Waals surface area (Å²) in [6.45, 7) is 7.47. The first-order valence-corrected chi connectivity index (χ1v) is 11.1. The molecule has 1 aromatic heterocycles. The topological polar surface area (TPSA) is 59.8 Å². The van der Waals surface area contributed by atoms with Gasteiger partial charge in [0.25, 0.3) is 5.91 Å². The van der Waals surface area contributed by atoms with Gasteiger partial charge in [-0.15, -0.1) is 0 Å². The van der Waals surface area contributed by atoms with Crippen LogP contribution in [0.3, 0.4) is 0 Å². The van der Waals surface area contributed by atoms with Crippen LogP contribution in [0, 0.1) is 0 Å². The number of likely N-dealkylation sites (N-methyl/N-ethyl adjacent to an activating group) is 1. The first kappa shape index (κ1) is 21.4. The van der Waals surface area contributed by atoms with E-state index in [2.05, 4.69) is 13.0 Å². The van der Waals surface area contributed by atoms with Crippen LogP contribution in [-0.4, -0.2) is 30.5 Å². The van der Waals surface area contributed by atoms with Crippen molar-refractivity contribution in [3.63, 3.8) is 0 Å². The van der Waals surface area contributed by atoms with E-state index in [9.17, 15) is 9.59 Å². The summed E-state index contributed by atoms with van der Waals surface area (Å²) in [5.74, 6) is 0.637. The molecule has 1 aromatic carbocycles. The number of benzene rings is 1. The van der Waals surface area contributed by atoms with Crippen molar-refractivity contribution in [2.45, 2.75) is 72.1 Å². The van der Waals surface area contributed by atoms with Crippen LogP contribution in [0.15, 0.2) is 21.3 Å². The lowest BCUT2D eigenvalue weighted by atomic mass is 10.00. The van der Waals surface area contributed by atoms with E-state index in [0.717, 1.165) is 54.2 Å². The minimum absolute atomic E-state index is 0.00429. The van der Waals surface area contributed by atoms with Crippen LogP contribution in [0.25, 0.3) is 11.0 Å². The molecular weight excluding hydrogens is 366 g/mol. The molecule has 3 rings (SSSR count). The van der Waals surface area contributed by atoms with Crippen LogP contribution in [0.2, 0.25) is 0 Å². The van der Waals surface area contributed by atoms with Crippen molar-refractivity contribution >= 4 is 16.9 Å². The van der Waals surface area contributed by atoms with Gasteiger partial charge in [0.05, 0.1) is 0 Å². The minimum atomic E-state index is -0.231. The maximum atomic E-state index is 12.4. The lowest BCUT2D eigenvalue weighted by molar-refractivity contribution is -0.132. The monoisotopic (exact) mass is 399 g/mol. The molecule has 0 spiro atoms. The minimum Gasteiger partial charge on any atom is -0.483 e. The van der Waals surface area contributed by atoms with E-state index in [1.165, 1.54) is 19.3 Å². The predicted molar refractivity (Wildman–Crippen MR) is 116 cm³/mol. The normalized spacial score (nSPS) is 12.9. The quantitative estimate of drug-likeness (QED) is 0.431. The molecule has 0 atom stereocenters. The van der Waals surface area contributed by atoms with Gasteiger partial charge in [0.15, 0.2) is 6.61 Å². The second-order valence-electron chi connectivity index (χ2n) is 7.82. The zero-order chi connectivity index (χ0) is 20.8. The Morgan fingerprint density at radius 2 is 1.83 bits per heavy atom. The lowest BCUT2D eigenvalue weighted by Crippen LogP contribution is -2.34. The molecule has 0 aliphatic heterocycles. The fourth-order valence-corrected chi connectivity index (χ4v) is 4.23. The Kier molecular flexibility index (Phi) is 7.34. The molecule has 0 bridgehead atoms. The van der Waals surface area contributed by atoms with Gasteiger partial charge in [0.1, 0.15) is 11.3 Å². The Morgan fingerprint density at radius 1 is 1.07 bits per heavy atom. The molecular formula is C24H33NO4. The zero-order valence-electron chi connectivity index (χ0n) is 18.0. The van der Waals surface area contributed by atoms with E-state index in [-0.39, 0.29) is 18.1 Å². The van der Waals surface area contributed by atoms with Crippen molar-refractivity contribution in [1.82, 2.24) is 4.90 Å². The summed E-state index contributed by atoms with van der Waals surface area (Å²) in [5.41, 5.74) is 3.41. The Bertz CT molecular complexity index is 911. The SMILES string of the molecule is CCCCCCc1cc2c3c(c(=O)oc2cc1OCC(=O)N(CC)CC)CCC3. The largest absolute Gasteiger partial charge is 0.483 e. The van der Waals surface area contributed by atoms with Crippen LogP contribution in [-0.2, 0) is 24.1 Å². The van der Waals surface area contributed by atoms with Gasteiger partial charge in [-0.3, -0.25) is 4.79 Å². The molecule has 0 fully saturated rings. The number of aryl methyl sites for hydroxylation is 2. The molecule has 0 saturated heterocycles. The molecule has 5 heteroatoms. The van der Waals surface area contributed by atoms with Gasteiger partial charge in [-0.1, -0.05) is 26.2 Å². The number of carbonyl (C=O) groups is 1. The molecule has 1 amide bonds. The highest BCUT2D eigenvalue weighted by Crippen LogP contribution is 2.33. The molecule has 1 aliphatic carbocycles. The Balaban J connectivity index is 1.91. The average molecular weight is 400 g/mol. The number of rotatable bonds is 10. The molecule has 5 nitrogen and oxygen atoms in total. The van der Waals surface area contributed by atoms with Crippen LogP contribution < -0.4 is 10.4 Å². The van der Waals surface area contributed by atoms with E-state index in [1.807, 2.05) is 19.9 Å². The number of amides is 1. The van der Waals surface area contributed by atoms with Gasteiger partial charge >= 0.3 is 5.63 Å². The van der Waals surface area contributed by atoms with Crippen molar-refractivity contribution in [2.75, 3.05) is 19.7 Å². The van der Waals surface area contributed by atoms with Crippen LogP contribution in [0.4, 0.5) is 0 Å². The highest BCUT2D eigenvalue weighted by Gasteiger charge is 2.21. The fraction of sp³-hybridized carbons (Fsp3) is 0.583. The molecule has 1 aliphatic rings. The van der Waals surface area contributed by atoms with E-state index in [1.54, 1.807) is 4.90 Å². The third kappa shape index (κ3) is 4.82. The number of nitrogens with zero attached hydrogens (tertiary/aromatic N) is 1. The highest BCUT2D eigenvalue weighted by molar-refractivity contribution is 5.84. The van der Waals surface area contributed by atoms with Crippen molar-refractivity contribution in [3.05, 3.63) is 39.2 Å². The summed E-state index contributed by atoms with van der Waals surface area (Å²) in [6.07, 6.45) is 8.29. The van der Waals surface area contributed by atoms with Crippen LogP contribution in [0.1, 0.15) is 69.6 Å². The third-order valence-electron chi connectivity index (χ3n) is 5.92. The summed E-state index contributed by atoms with van der Waals surface area (Å²) in [7, 11) is 0. The molecule has 0 N–H and O–H groups in total. The second-order valence-corrected chi connectivity index (χ2v) is 7.82. The van der Waals surface area contributed by atoms with E-state index >= 15 is 0 Å². The number of unbranched alkanes of at least 4 members (excludes halogenated alkanes) is 3. The van der Waals surface area contributed by atoms with Crippen LogP contribution in [0.5, 0.6) is 5.75 Å². The first-order valence-electron chi connectivity index (χ1n) is 11.1. The van der Waals surface area contributed by atoms with Crippen molar-refractivity contribution in [1.29, 1.82) is 0 Å². The number of hydrogen-bond acceptors (Lipinski definition) is 4. The summed E-state index contributed by atoms with van der Waals surface area (Å²) in [5, 5.41) is 1.03. The van der Waals surface area contributed by atoms with Crippen molar-refractivity contribution < 1.29 is 13.9 Å². The van der Waals surface area contributed by atoms with Gasteiger partial charge in [-0.05, 0) is 63.1 Å². The van der Waals surface area contributed by atoms with Crippen molar-refractivity contribution in [2.24, 2.45) is 0 Å². The maximum absolute atomic E-state index is 12.4. The third-order valence-corrected chi connectivity index (χ3v) is 5.92. The molecule has 158 valence electrons. The maximum Gasteiger partial charge on any atom is 0.339 e. The summed E-state index contributed by atoms with van der Waals surface area (Å²) in [4.78, 5) is 26.5. The smallest absolute Gasteiger partial charge is 0.339 e. The zero-order valence-corrected chi connectivity index (χ0v) is 18.0. The molecule has 0 unspecified atom stereocenters. The van der Waals surface area contributed by atoms with E-state index in [4.69, 9.17) is 9.15 Å². The molecule has 1 heterocycles. The van der Waals surface area contributed by atoms with Gasteiger partial charge < -0.3 is 14.1 Å². The molecule has 0 saturated carbocycles. The Hall–Kier alpha value is -2.30. The second kappa shape index (κ2) is 9.95. The van der Waals surface area contributed by atoms with Crippen molar-refractivity contribution in [3.8, 4) is 5.75 Å². The number of fused-ring (bicyclic) bond motifs is 3. The van der Waals surface area contributed by atoms with Gasteiger partial charge in [0.2, 0.25) is 0 Å². The molecule has 2 aromatic rings. The average Bonchev–Trinajstić information content (AvgIpc) is 3.21. The summed E-state index contributed by atoms with van der Waals surface area (Å²) < 4.78 is 11.6. The van der Waals surface area contributed by atoms with Gasteiger partial charge in [0, 0.05) is 30.1 Å². The highest BCUT2D eigenvalue weighted by atomic mass is 16.5. The Morgan fingerprint density at radius 3 is 2.55 bits per heavy atom. The number of carbonyl (C=O) groups excluding carboxylic acids is 1. The molecule has 0 radical (unpaired) electrons. The first-order chi connectivity index (χ1) is 14.1. The lowest BCUT2D eigenvalue weighted by Gasteiger charge is -2.20. The standard InChI is InChI=1S/C24H33NO4/c1-4-7-8-9-11-17-14-20-18-12-10-13-19(18)24(27)29-22(20)15-21(17)28-16-23(26)25(5-2)6-3/h14-15H,4-13,16H2,1-3H3. The van der Waals surface area contributed by atoms with Gasteiger partial charge in [-0.25, -0.2) is 4.79 Å². The van der Waals surface area contributed by atoms with Gasteiger partial charge in [-0.2, -0.15) is 0 Å². The Labute approximate surface area is 173 Å². The fourth-order valence-electron chi connectivity index (χ4n) is 4.23. The van der Waals surface area contributed by atoms with E-state index in [0.29, 0.717) is 24.4 Å². The summed E-state index contributed by atoms with van der Waals surface area (Å²) >= 11 is 0. The predicted octanol–water partition coefficient (Wildman–Crippen LogP) is 4.65.